The highest BCUT2D eigenvalue weighted by atomic mass is 16.1. The SMILES string of the molecule is C=C(C)C(=O)NCCCCCCCC/C=C/CCCCCCCC. The first-order chi connectivity index (χ1) is 11.7. The van der Waals surface area contributed by atoms with E-state index in [9.17, 15) is 4.79 Å². The van der Waals surface area contributed by atoms with Crippen LogP contribution in [0.25, 0.3) is 0 Å². The van der Waals surface area contributed by atoms with Crippen LogP contribution in [0.4, 0.5) is 0 Å². The van der Waals surface area contributed by atoms with E-state index in [1.807, 2.05) is 0 Å². The Morgan fingerprint density at radius 1 is 0.792 bits per heavy atom. The van der Waals surface area contributed by atoms with Crippen LogP contribution in [0.15, 0.2) is 24.3 Å². The average molecular weight is 336 g/mol. The molecule has 0 heterocycles. The molecule has 2 nitrogen and oxygen atoms in total. The van der Waals surface area contributed by atoms with Gasteiger partial charge < -0.3 is 5.32 Å². The van der Waals surface area contributed by atoms with Crippen molar-refractivity contribution in [2.45, 2.75) is 104 Å². The molecule has 2 heteroatoms. The predicted molar refractivity (Wildman–Crippen MR) is 107 cm³/mol. The van der Waals surface area contributed by atoms with E-state index in [0.29, 0.717) is 5.57 Å². The zero-order valence-corrected chi connectivity index (χ0v) is 16.4. The van der Waals surface area contributed by atoms with Gasteiger partial charge in [0.2, 0.25) is 5.91 Å². The highest BCUT2D eigenvalue weighted by Crippen LogP contribution is 2.09. The van der Waals surface area contributed by atoms with Crippen LogP contribution in [0.5, 0.6) is 0 Å². The second-order valence-electron chi connectivity index (χ2n) is 6.97. The summed E-state index contributed by atoms with van der Waals surface area (Å²) >= 11 is 0. The predicted octanol–water partition coefficient (Wildman–Crippen LogP) is 6.72. The minimum Gasteiger partial charge on any atom is -0.352 e. The molecule has 0 fully saturated rings. The minimum absolute atomic E-state index is 0.0113. The second kappa shape index (κ2) is 18.3. The molecule has 0 saturated carbocycles. The number of allylic oxidation sites excluding steroid dienone is 2. The lowest BCUT2D eigenvalue weighted by Crippen LogP contribution is -2.24. The summed E-state index contributed by atoms with van der Waals surface area (Å²) in [6.07, 6.45) is 23.1. The molecule has 0 aromatic heterocycles. The lowest BCUT2D eigenvalue weighted by molar-refractivity contribution is -0.117. The first-order valence-corrected chi connectivity index (χ1v) is 10.3. The van der Waals surface area contributed by atoms with E-state index in [1.54, 1.807) is 6.92 Å². The van der Waals surface area contributed by atoms with Crippen LogP contribution in [0.2, 0.25) is 0 Å². The van der Waals surface area contributed by atoms with Crippen LogP contribution in [0.3, 0.4) is 0 Å². The maximum Gasteiger partial charge on any atom is 0.246 e. The summed E-state index contributed by atoms with van der Waals surface area (Å²) < 4.78 is 0. The monoisotopic (exact) mass is 335 g/mol. The summed E-state index contributed by atoms with van der Waals surface area (Å²) in [5, 5.41) is 2.88. The fourth-order valence-electron chi connectivity index (χ4n) is 2.73. The van der Waals surface area contributed by atoms with Gasteiger partial charge in [-0.15, -0.1) is 0 Å². The first kappa shape index (κ1) is 22.9. The molecule has 0 unspecified atom stereocenters. The lowest BCUT2D eigenvalue weighted by Gasteiger charge is -2.04. The molecule has 0 aliphatic heterocycles. The van der Waals surface area contributed by atoms with Crippen molar-refractivity contribution in [2.24, 2.45) is 0 Å². The number of nitrogens with one attached hydrogen (secondary N) is 1. The number of hydrogen-bond donors (Lipinski definition) is 1. The van der Waals surface area contributed by atoms with E-state index in [0.717, 1.165) is 13.0 Å². The molecule has 0 aromatic rings. The Morgan fingerprint density at radius 2 is 1.25 bits per heavy atom. The molecule has 0 atom stereocenters. The molecule has 0 bridgehead atoms. The van der Waals surface area contributed by atoms with Gasteiger partial charge >= 0.3 is 0 Å². The maximum absolute atomic E-state index is 11.3. The minimum atomic E-state index is -0.0113. The molecule has 0 aliphatic carbocycles. The summed E-state index contributed by atoms with van der Waals surface area (Å²) in [5.74, 6) is -0.0113. The zero-order valence-electron chi connectivity index (χ0n) is 16.4. The molecule has 0 aliphatic rings. The van der Waals surface area contributed by atoms with Gasteiger partial charge in [0, 0.05) is 12.1 Å². The van der Waals surface area contributed by atoms with E-state index in [4.69, 9.17) is 0 Å². The Labute approximate surface area is 151 Å². The summed E-state index contributed by atoms with van der Waals surface area (Å²) in [6.45, 7) is 8.44. The van der Waals surface area contributed by atoms with Gasteiger partial charge in [-0.05, 0) is 39.0 Å². The van der Waals surface area contributed by atoms with Crippen molar-refractivity contribution in [3.63, 3.8) is 0 Å². The number of rotatable bonds is 17. The van der Waals surface area contributed by atoms with Crippen LogP contribution in [0.1, 0.15) is 104 Å². The molecule has 0 spiro atoms. The zero-order chi connectivity index (χ0) is 17.9. The molecule has 0 rings (SSSR count). The molecule has 0 saturated heterocycles. The van der Waals surface area contributed by atoms with E-state index >= 15 is 0 Å². The van der Waals surface area contributed by atoms with Crippen LogP contribution in [-0.2, 0) is 4.79 Å². The van der Waals surface area contributed by atoms with Gasteiger partial charge in [-0.2, -0.15) is 0 Å². The Bertz CT molecular complexity index is 333. The maximum atomic E-state index is 11.3. The molecule has 1 N–H and O–H groups in total. The molecule has 1 amide bonds. The molecule has 140 valence electrons. The van der Waals surface area contributed by atoms with Gasteiger partial charge in [-0.25, -0.2) is 0 Å². The third kappa shape index (κ3) is 17.3. The molecular weight excluding hydrogens is 294 g/mol. The van der Waals surface area contributed by atoms with Crippen molar-refractivity contribution in [1.29, 1.82) is 0 Å². The van der Waals surface area contributed by atoms with Crippen molar-refractivity contribution in [1.82, 2.24) is 5.32 Å². The van der Waals surface area contributed by atoms with E-state index in [-0.39, 0.29) is 5.91 Å². The van der Waals surface area contributed by atoms with Gasteiger partial charge in [0.15, 0.2) is 0 Å². The van der Waals surface area contributed by atoms with Crippen LogP contribution >= 0.6 is 0 Å². The van der Waals surface area contributed by atoms with Crippen molar-refractivity contribution in [2.75, 3.05) is 6.54 Å². The molecular formula is C22H41NO. The van der Waals surface area contributed by atoms with Gasteiger partial charge in [-0.3, -0.25) is 4.79 Å². The van der Waals surface area contributed by atoms with Gasteiger partial charge in [0.25, 0.3) is 0 Å². The standard InChI is InChI=1S/C22H41NO/c1-4-5-6-7-8-9-10-11-12-13-14-15-16-17-18-19-20-23-22(24)21(2)3/h11-12H,2,4-10,13-20H2,1,3H3,(H,23,24)/b12-11+. The highest BCUT2D eigenvalue weighted by molar-refractivity contribution is 5.91. The Hall–Kier alpha value is -1.05. The quantitative estimate of drug-likeness (QED) is 0.178. The number of hydrogen-bond acceptors (Lipinski definition) is 1. The average Bonchev–Trinajstić information content (AvgIpc) is 2.57. The Morgan fingerprint density at radius 3 is 1.75 bits per heavy atom. The number of unbranched alkanes of at least 4 members (excludes halogenated alkanes) is 12. The third-order valence-electron chi connectivity index (χ3n) is 4.36. The summed E-state index contributed by atoms with van der Waals surface area (Å²) in [6, 6.07) is 0. The van der Waals surface area contributed by atoms with Gasteiger partial charge in [-0.1, -0.05) is 83.4 Å². The van der Waals surface area contributed by atoms with Crippen molar-refractivity contribution < 1.29 is 4.79 Å². The van der Waals surface area contributed by atoms with Crippen molar-refractivity contribution in [3.05, 3.63) is 24.3 Å². The van der Waals surface area contributed by atoms with Crippen molar-refractivity contribution in [3.8, 4) is 0 Å². The lowest BCUT2D eigenvalue weighted by atomic mass is 10.1. The Balaban J connectivity index is 3.15. The van der Waals surface area contributed by atoms with E-state index in [2.05, 4.69) is 31.0 Å². The number of carbonyl (C=O) groups excluding carboxylic acids is 1. The van der Waals surface area contributed by atoms with E-state index in [1.165, 1.54) is 83.5 Å². The summed E-state index contributed by atoms with van der Waals surface area (Å²) in [4.78, 5) is 11.3. The number of amides is 1. The highest BCUT2D eigenvalue weighted by Gasteiger charge is 1.99. The largest absolute Gasteiger partial charge is 0.352 e. The first-order valence-electron chi connectivity index (χ1n) is 10.3. The molecule has 0 aromatic carbocycles. The summed E-state index contributed by atoms with van der Waals surface area (Å²) in [5.41, 5.74) is 0.597. The van der Waals surface area contributed by atoms with Crippen LogP contribution in [0, 0.1) is 0 Å². The van der Waals surface area contributed by atoms with E-state index < -0.39 is 0 Å². The third-order valence-corrected chi connectivity index (χ3v) is 4.36. The fraction of sp³-hybridized carbons (Fsp3) is 0.773. The van der Waals surface area contributed by atoms with Crippen LogP contribution in [-0.4, -0.2) is 12.5 Å². The fourth-order valence-corrected chi connectivity index (χ4v) is 2.73. The van der Waals surface area contributed by atoms with Crippen LogP contribution < -0.4 is 5.32 Å². The molecule has 0 radical (unpaired) electrons. The smallest absolute Gasteiger partial charge is 0.246 e. The second-order valence-corrected chi connectivity index (χ2v) is 6.97. The molecule has 24 heavy (non-hydrogen) atoms. The van der Waals surface area contributed by atoms with Gasteiger partial charge in [0.05, 0.1) is 0 Å². The van der Waals surface area contributed by atoms with Gasteiger partial charge in [0.1, 0.15) is 0 Å². The Kier molecular flexibility index (Phi) is 17.5. The van der Waals surface area contributed by atoms with Crippen molar-refractivity contribution >= 4 is 5.91 Å². The number of carbonyl (C=O) groups is 1. The topological polar surface area (TPSA) is 29.1 Å². The summed E-state index contributed by atoms with van der Waals surface area (Å²) in [7, 11) is 0. The normalized spacial score (nSPS) is 11.1.